The van der Waals surface area contributed by atoms with E-state index in [-0.39, 0.29) is 11.6 Å². The lowest BCUT2D eigenvalue weighted by atomic mass is 9.92. The number of nitrogens with zero attached hydrogens (tertiary/aromatic N) is 2. The molecule has 0 aromatic heterocycles. The molecule has 0 amide bonds. The molecular formula is C13H16F2N2O3. The predicted octanol–water partition coefficient (Wildman–Crippen LogP) is 2.47. The van der Waals surface area contributed by atoms with Crippen LogP contribution in [0.1, 0.15) is 19.8 Å². The molecule has 0 saturated carbocycles. The number of rotatable bonds is 3. The molecule has 0 aliphatic carbocycles. The zero-order valence-electron chi connectivity index (χ0n) is 11.1. The Hall–Kier alpha value is -1.76. The normalized spacial score (nSPS) is 18.1. The average molecular weight is 286 g/mol. The quantitative estimate of drug-likeness (QED) is 0.684. The average Bonchev–Trinajstić information content (AvgIpc) is 2.37. The highest BCUT2D eigenvalue weighted by atomic mass is 19.1. The number of hydrogen-bond donors (Lipinski definition) is 1. The number of aliphatic hydroxyl groups is 1. The molecule has 7 heteroatoms. The molecule has 1 aromatic carbocycles. The number of hydrogen-bond acceptors (Lipinski definition) is 4. The molecule has 1 aliphatic rings. The summed E-state index contributed by atoms with van der Waals surface area (Å²) in [7, 11) is 0. The number of aliphatic hydroxyl groups excluding tert-OH is 1. The fraction of sp³-hybridized carbons (Fsp3) is 0.538. The van der Waals surface area contributed by atoms with E-state index in [0.29, 0.717) is 32.0 Å². The van der Waals surface area contributed by atoms with Crippen molar-refractivity contribution in [1.82, 2.24) is 0 Å². The molecule has 1 heterocycles. The van der Waals surface area contributed by atoms with Crippen LogP contribution in [0.5, 0.6) is 0 Å². The van der Waals surface area contributed by atoms with Crippen LogP contribution in [0.4, 0.5) is 20.2 Å². The molecule has 0 radical (unpaired) electrons. The Morgan fingerprint density at radius 2 is 2.00 bits per heavy atom. The number of anilines is 1. The Labute approximate surface area is 115 Å². The second-order valence-electron chi connectivity index (χ2n) is 5.08. The van der Waals surface area contributed by atoms with Crippen LogP contribution in [0.25, 0.3) is 0 Å². The van der Waals surface area contributed by atoms with Crippen LogP contribution in [-0.2, 0) is 0 Å². The smallest absolute Gasteiger partial charge is 0.328 e. The highest BCUT2D eigenvalue weighted by Gasteiger charge is 2.29. The van der Waals surface area contributed by atoms with Crippen LogP contribution in [0.15, 0.2) is 12.1 Å². The summed E-state index contributed by atoms with van der Waals surface area (Å²) in [6, 6.07) is 1.51. The summed E-state index contributed by atoms with van der Waals surface area (Å²) in [5, 5.41) is 20.5. The molecule has 2 rings (SSSR count). The summed E-state index contributed by atoms with van der Waals surface area (Å²) >= 11 is 0. The first-order valence-electron chi connectivity index (χ1n) is 6.46. The van der Waals surface area contributed by atoms with Crippen LogP contribution in [-0.4, -0.2) is 29.2 Å². The Morgan fingerprint density at radius 3 is 2.50 bits per heavy atom. The first-order valence-corrected chi connectivity index (χ1v) is 6.46. The van der Waals surface area contributed by atoms with Crippen molar-refractivity contribution in [2.24, 2.45) is 5.92 Å². The van der Waals surface area contributed by atoms with Crippen molar-refractivity contribution < 1.29 is 18.8 Å². The van der Waals surface area contributed by atoms with Crippen LogP contribution in [0.3, 0.4) is 0 Å². The van der Waals surface area contributed by atoms with Gasteiger partial charge >= 0.3 is 5.69 Å². The Kier molecular flexibility index (Phi) is 4.17. The van der Waals surface area contributed by atoms with Gasteiger partial charge in [0.2, 0.25) is 5.82 Å². The zero-order chi connectivity index (χ0) is 14.9. The van der Waals surface area contributed by atoms with Crippen molar-refractivity contribution in [3.63, 3.8) is 0 Å². The molecule has 0 spiro atoms. The van der Waals surface area contributed by atoms with Crippen molar-refractivity contribution in [1.29, 1.82) is 0 Å². The SMILES string of the molecule is CC(O)C1CCN(c2cc(F)cc(F)c2[N+](=O)[O-])CC1. The van der Waals surface area contributed by atoms with E-state index in [4.69, 9.17) is 0 Å². The predicted molar refractivity (Wildman–Crippen MR) is 69.6 cm³/mol. The number of nitro groups is 1. The number of benzene rings is 1. The summed E-state index contributed by atoms with van der Waals surface area (Å²) in [6.07, 6.45) is 0.816. The molecule has 0 bridgehead atoms. The second kappa shape index (κ2) is 5.70. The van der Waals surface area contributed by atoms with Gasteiger partial charge in [0.15, 0.2) is 0 Å². The number of halogens is 2. The van der Waals surface area contributed by atoms with Crippen LogP contribution < -0.4 is 4.90 Å². The minimum absolute atomic E-state index is 0.0310. The minimum Gasteiger partial charge on any atom is -0.393 e. The third kappa shape index (κ3) is 2.87. The molecule has 20 heavy (non-hydrogen) atoms. The summed E-state index contributed by atoms with van der Waals surface area (Å²) in [4.78, 5) is 11.7. The molecule has 1 fully saturated rings. The van der Waals surface area contributed by atoms with E-state index < -0.39 is 28.3 Å². The Bertz CT molecular complexity index is 515. The van der Waals surface area contributed by atoms with Gasteiger partial charge in [-0.25, -0.2) is 4.39 Å². The van der Waals surface area contributed by atoms with Crippen LogP contribution >= 0.6 is 0 Å². The van der Waals surface area contributed by atoms with E-state index in [2.05, 4.69) is 0 Å². The van der Waals surface area contributed by atoms with Gasteiger partial charge in [-0.2, -0.15) is 4.39 Å². The Balaban J connectivity index is 2.27. The third-order valence-electron chi connectivity index (χ3n) is 3.75. The van der Waals surface area contributed by atoms with Gasteiger partial charge in [0.1, 0.15) is 11.5 Å². The lowest BCUT2D eigenvalue weighted by Gasteiger charge is -2.34. The number of nitro benzene ring substituents is 1. The summed E-state index contributed by atoms with van der Waals surface area (Å²) in [6.45, 7) is 2.56. The van der Waals surface area contributed by atoms with Gasteiger partial charge in [0.05, 0.1) is 11.0 Å². The maximum atomic E-state index is 13.6. The molecule has 5 nitrogen and oxygen atoms in total. The maximum absolute atomic E-state index is 13.6. The van der Waals surface area contributed by atoms with Crippen molar-refractivity contribution in [2.45, 2.75) is 25.9 Å². The second-order valence-corrected chi connectivity index (χ2v) is 5.08. The van der Waals surface area contributed by atoms with Crippen LogP contribution in [0, 0.1) is 27.7 Å². The topological polar surface area (TPSA) is 66.6 Å². The van der Waals surface area contributed by atoms with Gasteiger partial charge in [0, 0.05) is 25.2 Å². The molecule has 110 valence electrons. The van der Waals surface area contributed by atoms with Gasteiger partial charge in [-0.1, -0.05) is 0 Å². The molecule has 1 aliphatic heterocycles. The fourth-order valence-corrected chi connectivity index (χ4v) is 2.60. The molecule has 1 aromatic rings. The van der Waals surface area contributed by atoms with E-state index >= 15 is 0 Å². The summed E-state index contributed by atoms with van der Waals surface area (Å²) in [5.74, 6) is -1.88. The number of piperidine rings is 1. The fourth-order valence-electron chi connectivity index (χ4n) is 2.60. The zero-order valence-corrected chi connectivity index (χ0v) is 11.1. The third-order valence-corrected chi connectivity index (χ3v) is 3.75. The Morgan fingerprint density at radius 1 is 1.40 bits per heavy atom. The lowest BCUT2D eigenvalue weighted by molar-refractivity contribution is -0.386. The van der Waals surface area contributed by atoms with E-state index in [9.17, 15) is 24.0 Å². The van der Waals surface area contributed by atoms with Gasteiger partial charge in [-0.05, 0) is 25.7 Å². The monoisotopic (exact) mass is 286 g/mol. The molecular weight excluding hydrogens is 270 g/mol. The van der Waals surface area contributed by atoms with Crippen LogP contribution in [0.2, 0.25) is 0 Å². The highest BCUT2D eigenvalue weighted by Crippen LogP contribution is 2.34. The lowest BCUT2D eigenvalue weighted by Crippen LogP contribution is -2.37. The standard InChI is InChI=1S/C13H16F2N2O3/c1-8(18)9-2-4-16(5-3-9)12-7-10(14)6-11(15)13(12)17(19)20/h6-9,18H,2-5H2,1H3. The van der Waals surface area contributed by atoms with Crippen molar-refractivity contribution in [3.8, 4) is 0 Å². The van der Waals surface area contributed by atoms with E-state index in [1.54, 1.807) is 11.8 Å². The first-order chi connectivity index (χ1) is 9.40. The largest absolute Gasteiger partial charge is 0.393 e. The minimum atomic E-state index is -1.16. The van der Waals surface area contributed by atoms with Gasteiger partial charge in [0.25, 0.3) is 0 Å². The van der Waals surface area contributed by atoms with Crippen molar-refractivity contribution in [2.75, 3.05) is 18.0 Å². The summed E-state index contributed by atoms with van der Waals surface area (Å²) < 4.78 is 26.9. The molecule has 1 atom stereocenters. The van der Waals surface area contributed by atoms with E-state index in [0.717, 1.165) is 6.07 Å². The van der Waals surface area contributed by atoms with Crippen molar-refractivity contribution in [3.05, 3.63) is 33.9 Å². The van der Waals surface area contributed by atoms with Gasteiger partial charge in [-0.15, -0.1) is 0 Å². The maximum Gasteiger partial charge on any atom is 0.328 e. The highest BCUT2D eigenvalue weighted by molar-refractivity contribution is 5.64. The van der Waals surface area contributed by atoms with E-state index in [1.807, 2.05) is 0 Å². The van der Waals surface area contributed by atoms with Crippen molar-refractivity contribution >= 4 is 11.4 Å². The molecule has 1 saturated heterocycles. The first kappa shape index (κ1) is 14.6. The summed E-state index contributed by atoms with van der Waals surface area (Å²) in [5.41, 5.74) is -0.724. The van der Waals surface area contributed by atoms with Gasteiger partial charge in [-0.3, -0.25) is 10.1 Å². The van der Waals surface area contributed by atoms with Gasteiger partial charge < -0.3 is 10.0 Å². The molecule has 1 unspecified atom stereocenters. The molecule has 1 N–H and O–H groups in total. The van der Waals surface area contributed by atoms with E-state index in [1.165, 1.54) is 0 Å².